The zero-order chi connectivity index (χ0) is 18.4. The smallest absolute Gasteiger partial charge is 0.133 e. The van der Waals surface area contributed by atoms with E-state index >= 15 is 0 Å². The Balaban J connectivity index is 1.94. The number of aromatic nitrogens is 1. The summed E-state index contributed by atoms with van der Waals surface area (Å²) in [4.78, 5) is 0. The first-order valence-corrected chi connectivity index (χ1v) is 9.56. The van der Waals surface area contributed by atoms with Crippen LogP contribution in [0.2, 0.25) is 0 Å². The third-order valence-corrected chi connectivity index (χ3v) is 5.42. The van der Waals surface area contributed by atoms with Crippen LogP contribution in [0.3, 0.4) is 0 Å². The van der Waals surface area contributed by atoms with Crippen molar-refractivity contribution in [3.63, 3.8) is 0 Å². The van der Waals surface area contributed by atoms with Crippen molar-refractivity contribution in [1.82, 2.24) is 4.57 Å². The van der Waals surface area contributed by atoms with E-state index in [1.54, 1.807) is 6.07 Å². The lowest BCUT2D eigenvalue weighted by Gasteiger charge is -2.14. The molecule has 4 aromatic carbocycles. The number of halogens is 2. The standard InChI is InChI=1S/C24H15BrFN/c25-17-13-14-22-19(15-17)24-20(26)10-6-12-23(24)27(22)21-11-5-4-9-18(21)16-7-2-1-3-8-16/h1-15H. The highest BCUT2D eigenvalue weighted by Gasteiger charge is 2.17. The van der Waals surface area contributed by atoms with Gasteiger partial charge in [-0.3, -0.25) is 0 Å². The maximum absolute atomic E-state index is 14.8. The quantitative estimate of drug-likeness (QED) is 0.284. The second kappa shape index (κ2) is 6.36. The van der Waals surface area contributed by atoms with Crippen LogP contribution in [0.15, 0.2) is 95.5 Å². The van der Waals surface area contributed by atoms with Crippen LogP contribution in [-0.4, -0.2) is 4.57 Å². The van der Waals surface area contributed by atoms with E-state index in [1.165, 1.54) is 6.07 Å². The van der Waals surface area contributed by atoms with Gasteiger partial charge in [-0.2, -0.15) is 0 Å². The van der Waals surface area contributed by atoms with Crippen molar-refractivity contribution in [2.75, 3.05) is 0 Å². The van der Waals surface area contributed by atoms with Crippen molar-refractivity contribution in [3.05, 3.63) is 101 Å². The van der Waals surface area contributed by atoms with Crippen molar-refractivity contribution < 1.29 is 4.39 Å². The molecule has 5 aromatic rings. The number of fused-ring (bicyclic) bond motifs is 3. The maximum Gasteiger partial charge on any atom is 0.133 e. The average molecular weight is 416 g/mol. The van der Waals surface area contributed by atoms with Crippen molar-refractivity contribution in [1.29, 1.82) is 0 Å². The lowest BCUT2D eigenvalue weighted by atomic mass is 10.0. The van der Waals surface area contributed by atoms with Gasteiger partial charge in [0.05, 0.1) is 16.7 Å². The molecule has 130 valence electrons. The summed E-state index contributed by atoms with van der Waals surface area (Å²) in [6.07, 6.45) is 0. The first-order chi connectivity index (χ1) is 13.2. The highest BCUT2D eigenvalue weighted by Crippen LogP contribution is 2.37. The number of rotatable bonds is 2. The first-order valence-electron chi connectivity index (χ1n) is 8.77. The molecule has 0 saturated heterocycles. The summed E-state index contributed by atoms with van der Waals surface area (Å²) >= 11 is 3.53. The van der Waals surface area contributed by atoms with Crippen LogP contribution in [0.25, 0.3) is 38.6 Å². The second-order valence-electron chi connectivity index (χ2n) is 6.51. The van der Waals surface area contributed by atoms with Gasteiger partial charge in [0.2, 0.25) is 0 Å². The Morgan fingerprint density at radius 3 is 2.33 bits per heavy atom. The lowest BCUT2D eigenvalue weighted by molar-refractivity contribution is 0.640. The molecule has 0 aliphatic rings. The molecule has 0 aliphatic heterocycles. The molecule has 0 unspecified atom stereocenters. The van der Waals surface area contributed by atoms with Gasteiger partial charge in [0.25, 0.3) is 0 Å². The molecule has 0 amide bonds. The van der Waals surface area contributed by atoms with E-state index in [9.17, 15) is 4.39 Å². The van der Waals surface area contributed by atoms with Crippen LogP contribution in [0, 0.1) is 5.82 Å². The Labute approximate surface area is 164 Å². The molecule has 0 bridgehead atoms. The molecule has 5 rings (SSSR count). The maximum atomic E-state index is 14.8. The zero-order valence-corrected chi connectivity index (χ0v) is 15.9. The first kappa shape index (κ1) is 16.3. The van der Waals surface area contributed by atoms with Gasteiger partial charge in [-0.15, -0.1) is 0 Å². The van der Waals surface area contributed by atoms with E-state index in [1.807, 2.05) is 54.6 Å². The number of para-hydroxylation sites is 1. The Bertz CT molecular complexity index is 1290. The molecule has 27 heavy (non-hydrogen) atoms. The largest absolute Gasteiger partial charge is 0.309 e. The SMILES string of the molecule is Fc1cccc2c1c1cc(Br)ccc1n2-c1ccccc1-c1ccccc1. The Hall–Kier alpha value is -2.91. The monoisotopic (exact) mass is 415 g/mol. The van der Waals surface area contributed by atoms with E-state index < -0.39 is 0 Å². The Morgan fingerprint density at radius 2 is 1.48 bits per heavy atom. The van der Waals surface area contributed by atoms with Crippen LogP contribution in [0.5, 0.6) is 0 Å². The molecular formula is C24H15BrFN. The second-order valence-corrected chi connectivity index (χ2v) is 7.43. The summed E-state index contributed by atoms with van der Waals surface area (Å²) in [5.74, 6) is -0.202. The minimum atomic E-state index is -0.202. The minimum absolute atomic E-state index is 0.202. The molecular weight excluding hydrogens is 401 g/mol. The normalized spacial score (nSPS) is 11.3. The molecule has 3 heteroatoms. The zero-order valence-electron chi connectivity index (χ0n) is 14.4. The Morgan fingerprint density at radius 1 is 0.704 bits per heavy atom. The number of hydrogen-bond donors (Lipinski definition) is 0. The molecule has 0 atom stereocenters. The van der Waals surface area contributed by atoms with Crippen LogP contribution in [0.4, 0.5) is 4.39 Å². The van der Waals surface area contributed by atoms with E-state index in [0.29, 0.717) is 5.39 Å². The van der Waals surface area contributed by atoms with Crippen LogP contribution < -0.4 is 0 Å². The fourth-order valence-electron chi connectivity index (χ4n) is 3.79. The summed E-state index contributed by atoms with van der Waals surface area (Å²) < 4.78 is 17.9. The van der Waals surface area contributed by atoms with Gasteiger partial charge in [0, 0.05) is 20.8 Å². The summed E-state index contributed by atoms with van der Waals surface area (Å²) in [5, 5.41) is 1.55. The van der Waals surface area contributed by atoms with E-state index in [-0.39, 0.29) is 5.82 Å². The highest BCUT2D eigenvalue weighted by atomic mass is 79.9. The minimum Gasteiger partial charge on any atom is -0.309 e. The van der Waals surface area contributed by atoms with Gasteiger partial charge in [-0.1, -0.05) is 70.5 Å². The number of benzene rings is 4. The van der Waals surface area contributed by atoms with E-state index in [0.717, 1.165) is 37.7 Å². The molecule has 0 N–H and O–H groups in total. The number of hydrogen-bond acceptors (Lipinski definition) is 0. The van der Waals surface area contributed by atoms with Gasteiger partial charge < -0.3 is 4.57 Å². The van der Waals surface area contributed by atoms with E-state index in [4.69, 9.17) is 0 Å². The topological polar surface area (TPSA) is 4.93 Å². The van der Waals surface area contributed by atoms with Gasteiger partial charge in [-0.05, 0) is 42.0 Å². The van der Waals surface area contributed by atoms with Gasteiger partial charge in [0.15, 0.2) is 0 Å². The molecule has 0 spiro atoms. The summed E-state index contributed by atoms with van der Waals surface area (Å²) in [7, 11) is 0. The fourth-order valence-corrected chi connectivity index (χ4v) is 4.15. The molecule has 1 heterocycles. The molecule has 0 radical (unpaired) electrons. The van der Waals surface area contributed by atoms with E-state index in [2.05, 4.69) is 44.8 Å². The van der Waals surface area contributed by atoms with Crippen LogP contribution >= 0.6 is 15.9 Å². The fraction of sp³-hybridized carbons (Fsp3) is 0. The predicted octanol–water partition coefficient (Wildman–Crippen LogP) is 7.35. The van der Waals surface area contributed by atoms with Crippen molar-refractivity contribution >= 4 is 37.7 Å². The summed E-state index contributed by atoms with van der Waals surface area (Å²) in [6, 6.07) is 29.9. The third kappa shape index (κ3) is 2.58. The summed E-state index contributed by atoms with van der Waals surface area (Å²) in [6.45, 7) is 0. The average Bonchev–Trinajstić information content (AvgIpc) is 3.03. The van der Waals surface area contributed by atoms with Gasteiger partial charge in [0.1, 0.15) is 5.82 Å². The lowest BCUT2D eigenvalue weighted by Crippen LogP contribution is -1.97. The van der Waals surface area contributed by atoms with Crippen LogP contribution in [-0.2, 0) is 0 Å². The van der Waals surface area contributed by atoms with Gasteiger partial charge in [-0.25, -0.2) is 4.39 Å². The molecule has 0 fully saturated rings. The number of nitrogens with zero attached hydrogens (tertiary/aromatic N) is 1. The van der Waals surface area contributed by atoms with Crippen LogP contribution in [0.1, 0.15) is 0 Å². The summed E-state index contributed by atoms with van der Waals surface area (Å²) in [5.41, 5.74) is 5.14. The molecule has 1 aromatic heterocycles. The third-order valence-electron chi connectivity index (χ3n) is 4.93. The van der Waals surface area contributed by atoms with Crippen molar-refractivity contribution in [2.45, 2.75) is 0 Å². The molecule has 0 saturated carbocycles. The highest BCUT2D eigenvalue weighted by molar-refractivity contribution is 9.10. The van der Waals surface area contributed by atoms with Gasteiger partial charge >= 0.3 is 0 Å². The van der Waals surface area contributed by atoms with Crippen molar-refractivity contribution in [3.8, 4) is 16.8 Å². The Kier molecular flexibility index (Phi) is 3.83. The molecule has 1 nitrogen and oxygen atoms in total. The molecule has 0 aliphatic carbocycles. The van der Waals surface area contributed by atoms with Crippen molar-refractivity contribution in [2.24, 2.45) is 0 Å². The predicted molar refractivity (Wildman–Crippen MR) is 114 cm³/mol.